The maximum atomic E-state index is 11.8. The smallest absolute Gasteiger partial charge is 0.387 e. The van der Waals surface area contributed by atoms with Crippen molar-refractivity contribution in [2.45, 2.75) is 31.1 Å². The Kier molecular flexibility index (Phi) is 8.31. The van der Waals surface area contributed by atoms with Crippen LogP contribution in [0.1, 0.15) is 11.8 Å². The minimum Gasteiger partial charge on any atom is -0.387 e. The summed E-state index contributed by atoms with van der Waals surface area (Å²) in [6.45, 7) is -1.19. The van der Waals surface area contributed by atoms with E-state index in [4.69, 9.17) is 37.4 Å². The first-order chi connectivity index (χ1) is 14.1. The lowest BCUT2D eigenvalue weighted by Crippen LogP contribution is -2.34. The van der Waals surface area contributed by atoms with E-state index in [2.05, 4.69) is 18.1 Å². The van der Waals surface area contributed by atoms with Gasteiger partial charge in [-0.05, 0) is 12.2 Å². The van der Waals surface area contributed by atoms with Crippen molar-refractivity contribution >= 4 is 35.7 Å². The summed E-state index contributed by atoms with van der Waals surface area (Å²) in [5.74, 6) is 0. The molecule has 0 aliphatic carbocycles. The molecule has 0 bridgehead atoms. The zero-order chi connectivity index (χ0) is 23.8. The Hall–Kier alpha value is -0.650. The Balaban J connectivity index is 2.12. The Morgan fingerprint density at radius 2 is 1.74 bits per heavy atom. The molecular formula is C10H18N3O14P3S. The predicted octanol–water partition coefficient (Wildman–Crippen LogP) is -1.67. The number of H-pyrrole nitrogens is 1. The average Bonchev–Trinajstić information content (AvgIpc) is 2.85. The first-order valence-electron chi connectivity index (χ1n) is 7.89. The zero-order valence-electron chi connectivity index (χ0n) is 15.0. The van der Waals surface area contributed by atoms with Gasteiger partial charge in [0.2, 0.25) is 0 Å². The van der Waals surface area contributed by atoms with E-state index in [0.717, 1.165) is 4.57 Å². The molecule has 21 heteroatoms. The molecule has 1 aromatic rings. The number of nitrogens with zero attached hydrogens (tertiary/aromatic N) is 1. The number of aromatic nitrogens is 2. The molecule has 0 saturated carbocycles. The number of rotatable bonds is 9. The Morgan fingerprint density at radius 1 is 1.13 bits per heavy atom. The van der Waals surface area contributed by atoms with Gasteiger partial charge in [-0.15, -0.1) is 0 Å². The van der Waals surface area contributed by atoms with Gasteiger partial charge in [-0.1, -0.05) is 0 Å². The molecule has 1 fully saturated rings. The topological polar surface area (TPSA) is 273 Å². The van der Waals surface area contributed by atoms with Crippen molar-refractivity contribution in [2.75, 3.05) is 6.61 Å². The lowest BCUT2D eigenvalue weighted by Gasteiger charge is -2.19. The maximum Gasteiger partial charge on any atom is 0.490 e. The fourth-order valence-corrected chi connectivity index (χ4v) is 5.71. The summed E-state index contributed by atoms with van der Waals surface area (Å²) < 4.78 is 51.3. The highest BCUT2D eigenvalue weighted by atomic mass is 32.1. The molecule has 31 heavy (non-hydrogen) atoms. The molecule has 2 unspecified atom stereocenters. The highest BCUT2D eigenvalue weighted by Crippen LogP contribution is 2.66. The summed E-state index contributed by atoms with van der Waals surface area (Å²) in [5.41, 5.74) is 4.91. The molecule has 1 aliphatic heterocycles. The van der Waals surface area contributed by atoms with Gasteiger partial charge in [-0.2, -0.15) is 8.62 Å². The normalized spacial score (nSPS) is 28.2. The van der Waals surface area contributed by atoms with Crippen LogP contribution in [0.25, 0.3) is 0 Å². The van der Waals surface area contributed by atoms with Crippen LogP contribution in [-0.2, 0) is 38.1 Å². The summed E-state index contributed by atoms with van der Waals surface area (Å²) in [4.78, 5) is 49.5. The van der Waals surface area contributed by atoms with E-state index in [9.17, 15) is 33.6 Å². The van der Waals surface area contributed by atoms with Gasteiger partial charge in [0.15, 0.2) is 11.0 Å². The number of phosphoric ester groups is 1. The van der Waals surface area contributed by atoms with Crippen LogP contribution in [-0.4, -0.2) is 64.3 Å². The lowest BCUT2D eigenvalue weighted by atomic mass is 10.1. The number of phosphoric acid groups is 3. The van der Waals surface area contributed by atoms with Crippen molar-refractivity contribution in [2.24, 2.45) is 5.73 Å². The van der Waals surface area contributed by atoms with E-state index in [1.807, 2.05) is 0 Å². The predicted molar refractivity (Wildman–Crippen MR) is 99.5 cm³/mol. The minimum atomic E-state index is -5.72. The van der Waals surface area contributed by atoms with Gasteiger partial charge in [0.1, 0.15) is 18.3 Å². The summed E-state index contributed by atoms with van der Waals surface area (Å²) >= 11 is 4.96. The van der Waals surface area contributed by atoms with E-state index >= 15 is 0 Å². The second-order valence-corrected chi connectivity index (χ2v) is 10.8. The number of hydrogen-bond donors (Lipinski definition) is 8. The zero-order valence-corrected chi connectivity index (χ0v) is 18.5. The van der Waals surface area contributed by atoms with Crippen LogP contribution in [0.2, 0.25) is 0 Å². The molecule has 9 N–H and O–H groups in total. The van der Waals surface area contributed by atoms with Crippen LogP contribution >= 0.6 is 35.7 Å². The maximum absolute atomic E-state index is 11.8. The van der Waals surface area contributed by atoms with Crippen molar-refractivity contribution in [1.29, 1.82) is 0 Å². The largest absolute Gasteiger partial charge is 0.490 e. The van der Waals surface area contributed by atoms with Gasteiger partial charge in [0.25, 0.3) is 5.56 Å². The standard InChI is InChI=1S/C10H18N3O14P3S/c11-1-4-2-13(10(31)12-8(4)16)9-7(15)6(14)5(25-9)3-24-29(20,21)27-30(22,23)26-28(17,18)19/h2,5-7,9,14-15H,1,3,11H2,(H,20,21)(H,22,23)(H,12,16,31)(H2,17,18,19)/t5-,6-,7-,9-/m1/s1. The van der Waals surface area contributed by atoms with E-state index < -0.39 is 60.2 Å². The molecule has 17 nitrogen and oxygen atoms in total. The van der Waals surface area contributed by atoms with E-state index in [1.54, 1.807) is 0 Å². The average molecular weight is 529 g/mol. The second-order valence-electron chi connectivity index (χ2n) is 5.96. The summed E-state index contributed by atoms with van der Waals surface area (Å²) in [5, 5.41) is 20.3. The highest BCUT2D eigenvalue weighted by molar-refractivity contribution is 7.71. The number of hydrogen-bond acceptors (Lipinski definition) is 12. The molecule has 6 atom stereocenters. The fraction of sp³-hybridized carbons (Fsp3) is 0.600. The molecule has 2 rings (SSSR count). The third-order valence-electron chi connectivity index (χ3n) is 3.69. The number of aliphatic hydroxyl groups excluding tert-OH is 2. The molecule has 0 radical (unpaired) electrons. The van der Waals surface area contributed by atoms with Crippen LogP contribution < -0.4 is 11.3 Å². The van der Waals surface area contributed by atoms with Gasteiger partial charge < -0.3 is 40.3 Å². The summed E-state index contributed by atoms with van der Waals surface area (Å²) in [7, 11) is -16.7. The molecule has 1 aromatic heterocycles. The quantitative estimate of drug-likeness (QED) is 0.131. The summed E-state index contributed by atoms with van der Waals surface area (Å²) in [6.07, 6.45) is -5.13. The van der Waals surface area contributed by atoms with Gasteiger partial charge in [-0.25, -0.2) is 13.7 Å². The molecular weight excluding hydrogens is 511 g/mol. The van der Waals surface area contributed by atoms with E-state index in [-0.39, 0.29) is 16.9 Å². The molecule has 0 amide bonds. The summed E-state index contributed by atoms with van der Waals surface area (Å²) in [6, 6.07) is 0. The fourth-order valence-electron chi connectivity index (χ4n) is 2.43. The van der Waals surface area contributed by atoms with Gasteiger partial charge in [0, 0.05) is 18.3 Å². The Bertz CT molecular complexity index is 1070. The number of aliphatic hydroxyl groups is 2. The SMILES string of the molecule is NCc1cn([C@@H]2O[C@H](COP(=O)(O)OP(=O)(O)OP(=O)(O)O)[C@@H](O)[C@H]2O)c(=S)[nH]c1=O. The third-order valence-corrected chi connectivity index (χ3v) is 7.81. The first-order valence-corrected chi connectivity index (χ1v) is 12.8. The second kappa shape index (κ2) is 9.69. The number of nitrogens with one attached hydrogen (secondary N) is 1. The van der Waals surface area contributed by atoms with Gasteiger partial charge >= 0.3 is 23.5 Å². The molecule has 2 heterocycles. The van der Waals surface area contributed by atoms with Crippen LogP contribution in [0.15, 0.2) is 11.0 Å². The van der Waals surface area contributed by atoms with Gasteiger partial charge in [-0.3, -0.25) is 18.9 Å². The molecule has 0 aromatic carbocycles. The van der Waals surface area contributed by atoms with Crippen LogP contribution in [0.5, 0.6) is 0 Å². The monoisotopic (exact) mass is 529 g/mol. The van der Waals surface area contributed by atoms with Crippen LogP contribution in [0.3, 0.4) is 0 Å². The van der Waals surface area contributed by atoms with Crippen molar-refractivity contribution in [3.8, 4) is 0 Å². The Morgan fingerprint density at radius 3 is 2.29 bits per heavy atom. The van der Waals surface area contributed by atoms with E-state index in [1.165, 1.54) is 6.20 Å². The number of nitrogens with two attached hydrogens (primary N) is 1. The third kappa shape index (κ3) is 7.17. The highest BCUT2D eigenvalue weighted by Gasteiger charge is 2.46. The van der Waals surface area contributed by atoms with Crippen LogP contribution in [0.4, 0.5) is 0 Å². The first kappa shape index (κ1) is 26.6. The molecule has 1 aliphatic rings. The van der Waals surface area contributed by atoms with Crippen molar-refractivity contribution < 1.29 is 61.4 Å². The van der Waals surface area contributed by atoms with Crippen molar-refractivity contribution in [1.82, 2.24) is 9.55 Å². The molecule has 178 valence electrons. The number of aromatic amines is 1. The van der Waals surface area contributed by atoms with Gasteiger partial charge in [0.05, 0.1) is 6.61 Å². The van der Waals surface area contributed by atoms with E-state index in [0.29, 0.717) is 0 Å². The molecule has 0 spiro atoms. The van der Waals surface area contributed by atoms with Crippen LogP contribution in [0, 0.1) is 4.77 Å². The Labute approximate surface area is 177 Å². The number of ether oxygens (including phenoxy) is 1. The molecule has 1 saturated heterocycles. The van der Waals surface area contributed by atoms with Crippen molar-refractivity contribution in [3.05, 3.63) is 26.9 Å². The van der Waals surface area contributed by atoms with Crippen molar-refractivity contribution in [3.63, 3.8) is 0 Å². The lowest BCUT2D eigenvalue weighted by molar-refractivity contribution is -0.0534. The minimum absolute atomic E-state index is 0.0654.